The predicted molar refractivity (Wildman–Crippen MR) is 98.7 cm³/mol. The van der Waals surface area contributed by atoms with E-state index in [2.05, 4.69) is 10.6 Å². The number of aliphatic carboxylic acids is 1. The van der Waals surface area contributed by atoms with Crippen LogP contribution in [0.4, 0.5) is 0 Å². The molecule has 142 valence electrons. The Bertz CT molecular complexity index is 646. The minimum Gasteiger partial charge on any atom is -0.481 e. The molecule has 1 saturated carbocycles. The lowest BCUT2D eigenvalue weighted by molar-refractivity contribution is -0.137. The highest BCUT2D eigenvalue weighted by atomic mass is 16.4. The first kappa shape index (κ1) is 19.9. The fraction of sp³-hybridized carbons (Fsp3) is 0.550. The molecule has 0 spiro atoms. The van der Waals surface area contributed by atoms with E-state index in [0.717, 1.165) is 31.2 Å². The predicted octanol–water partition coefficient (Wildman–Crippen LogP) is 2.87. The summed E-state index contributed by atoms with van der Waals surface area (Å²) in [6, 6.07) is 7.10. The number of hydrogen-bond acceptors (Lipinski definition) is 3. The first-order valence-electron chi connectivity index (χ1n) is 9.18. The van der Waals surface area contributed by atoms with Gasteiger partial charge < -0.3 is 15.7 Å². The lowest BCUT2D eigenvalue weighted by Crippen LogP contribution is -2.43. The third-order valence-corrected chi connectivity index (χ3v) is 4.82. The molecule has 2 rings (SSSR count). The van der Waals surface area contributed by atoms with Gasteiger partial charge in [0.25, 0.3) is 5.91 Å². The summed E-state index contributed by atoms with van der Waals surface area (Å²) >= 11 is 0. The number of carboxylic acids is 1. The van der Waals surface area contributed by atoms with Crippen molar-refractivity contribution in [3.8, 4) is 0 Å². The molecule has 0 unspecified atom stereocenters. The van der Waals surface area contributed by atoms with Crippen molar-refractivity contribution in [1.29, 1.82) is 0 Å². The van der Waals surface area contributed by atoms with E-state index in [4.69, 9.17) is 5.11 Å². The van der Waals surface area contributed by atoms with Gasteiger partial charge in [-0.05, 0) is 50.8 Å². The van der Waals surface area contributed by atoms with E-state index in [1.165, 1.54) is 0 Å². The van der Waals surface area contributed by atoms with Crippen molar-refractivity contribution in [2.45, 2.75) is 64.5 Å². The van der Waals surface area contributed by atoms with Gasteiger partial charge in [0.15, 0.2) is 0 Å². The zero-order valence-electron chi connectivity index (χ0n) is 15.5. The van der Waals surface area contributed by atoms with Crippen molar-refractivity contribution in [2.75, 3.05) is 0 Å². The number of nitrogens with one attached hydrogen (secondary N) is 2. The van der Waals surface area contributed by atoms with Gasteiger partial charge in [-0.1, -0.05) is 25.0 Å². The summed E-state index contributed by atoms with van der Waals surface area (Å²) in [6.07, 6.45) is 4.58. The zero-order valence-corrected chi connectivity index (χ0v) is 15.5. The molecule has 26 heavy (non-hydrogen) atoms. The normalized spacial score (nSPS) is 14.8. The van der Waals surface area contributed by atoms with Gasteiger partial charge in [-0.3, -0.25) is 14.4 Å². The van der Waals surface area contributed by atoms with E-state index >= 15 is 0 Å². The molecule has 6 heteroatoms. The van der Waals surface area contributed by atoms with Crippen LogP contribution in [0.5, 0.6) is 0 Å². The van der Waals surface area contributed by atoms with Crippen molar-refractivity contribution in [3.63, 3.8) is 0 Å². The molecular weight excluding hydrogens is 332 g/mol. The number of carboxylic acid groups (broad SMARTS) is 1. The SMILES string of the molecule is CC(C)(CCC(=O)O)NC(=O)c1ccc(CNC(=O)C2CCCC2)cc1. The van der Waals surface area contributed by atoms with Gasteiger partial charge in [0.1, 0.15) is 0 Å². The van der Waals surface area contributed by atoms with Crippen LogP contribution < -0.4 is 10.6 Å². The minimum absolute atomic E-state index is 0.00686. The van der Waals surface area contributed by atoms with Gasteiger partial charge in [0, 0.05) is 30.0 Å². The van der Waals surface area contributed by atoms with E-state index in [1.807, 2.05) is 12.1 Å². The summed E-state index contributed by atoms with van der Waals surface area (Å²) in [7, 11) is 0. The molecule has 6 nitrogen and oxygen atoms in total. The maximum absolute atomic E-state index is 12.3. The van der Waals surface area contributed by atoms with E-state index < -0.39 is 11.5 Å². The van der Waals surface area contributed by atoms with Crippen LogP contribution in [-0.2, 0) is 16.1 Å². The largest absolute Gasteiger partial charge is 0.481 e. The molecule has 0 aliphatic heterocycles. The summed E-state index contributed by atoms with van der Waals surface area (Å²) in [6.45, 7) is 4.07. The van der Waals surface area contributed by atoms with E-state index in [0.29, 0.717) is 18.5 Å². The van der Waals surface area contributed by atoms with Crippen LogP contribution >= 0.6 is 0 Å². The Morgan fingerprint density at radius 3 is 2.31 bits per heavy atom. The molecule has 3 N–H and O–H groups in total. The molecular formula is C20H28N2O4. The van der Waals surface area contributed by atoms with Crippen LogP contribution in [0.3, 0.4) is 0 Å². The first-order chi connectivity index (χ1) is 12.3. The molecule has 0 saturated heterocycles. The van der Waals surface area contributed by atoms with Gasteiger partial charge in [0.05, 0.1) is 0 Å². The molecule has 0 aromatic heterocycles. The van der Waals surface area contributed by atoms with Crippen molar-refractivity contribution < 1.29 is 19.5 Å². The number of rotatable bonds is 8. The van der Waals surface area contributed by atoms with Crippen molar-refractivity contribution in [2.24, 2.45) is 5.92 Å². The summed E-state index contributed by atoms with van der Waals surface area (Å²) < 4.78 is 0. The van der Waals surface area contributed by atoms with Crippen molar-refractivity contribution in [3.05, 3.63) is 35.4 Å². The smallest absolute Gasteiger partial charge is 0.303 e. The third-order valence-electron chi connectivity index (χ3n) is 4.82. The second kappa shape index (κ2) is 8.83. The van der Waals surface area contributed by atoms with Gasteiger partial charge in [0.2, 0.25) is 5.91 Å². The fourth-order valence-electron chi connectivity index (χ4n) is 3.16. The Morgan fingerprint density at radius 2 is 1.73 bits per heavy atom. The zero-order chi connectivity index (χ0) is 19.2. The minimum atomic E-state index is -0.878. The van der Waals surface area contributed by atoms with E-state index in [-0.39, 0.29) is 24.2 Å². The van der Waals surface area contributed by atoms with Crippen molar-refractivity contribution in [1.82, 2.24) is 10.6 Å². The Kier molecular flexibility index (Phi) is 6.77. The summed E-state index contributed by atoms with van der Waals surface area (Å²) in [4.78, 5) is 35.1. The quantitative estimate of drug-likeness (QED) is 0.664. The average Bonchev–Trinajstić information content (AvgIpc) is 3.13. The van der Waals surface area contributed by atoms with Crippen LogP contribution in [-0.4, -0.2) is 28.4 Å². The number of amides is 2. The van der Waals surface area contributed by atoms with Crippen LogP contribution in [0.2, 0.25) is 0 Å². The van der Waals surface area contributed by atoms with E-state index in [9.17, 15) is 14.4 Å². The lowest BCUT2D eigenvalue weighted by atomic mass is 9.97. The van der Waals surface area contributed by atoms with Crippen LogP contribution in [0.15, 0.2) is 24.3 Å². The van der Waals surface area contributed by atoms with Crippen LogP contribution in [0.1, 0.15) is 68.3 Å². The van der Waals surface area contributed by atoms with Crippen LogP contribution in [0.25, 0.3) is 0 Å². The molecule has 0 bridgehead atoms. The van der Waals surface area contributed by atoms with Gasteiger partial charge in [-0.25, -0.2) is 0 Å². The molecule has 0 radical (unpaired) electrons. The maximum atomic E-state index is 12.3. The fourth-order valence-corrected chi connectivity index (χ4v) is 3.16. The lowest BCUT2D eigenvalue weighted by Gasteiger charge is -2.25. The number of carbonyl (C=O) groups is 3. The molecule has 1 aliphatic rings. The first-order valence-corrected chi connectivity index (χ1v) is 9.18. The molecule has 1 aromatic carbocycles. The average molecular weight is 360 g/mol. The van der Waals surface area contributed by atoms with Crippen molar-refractivity contribution >= 4 is 17.8 Å². The molecule has 0 atom stereocenters. The second-order valence-corrected chi connectivity index (χ2v) is 7.63. The van der Waals surface area contributed by atoms with Crippen LogP contribution in [0, 0.1) is 5.92 Å². The molecule has 0 heterocycles. The highest BCUT2D eigenvalue weighted by Gasteiger charge is 2.23. The van der Waals surface area contributed by atoms with E-state index in [1.54, 1.807) is 26.0 Å². The second-order valence-electron chi connectivity index (χ2n) is 7.63. The number of benzene rings is 1. The summed E-state index contributed by atoms with van der Waals surface area (Å²) in [5.74, 6) is -0.851. The highest BCUT2D eigenvalue weighted by Crippen LogP contribution is 2.24. The molecule has 1 aliphatic carbocycles. The highest BCUT2D eigenvalue weighted by molar-refractivity contribution is 5.94. The Hall–Kier alpha value is -2.37. The Labute approximate surface area is 154 Å². The standard InChI is InChI=1S/C20H28N2O4/c1-20(2,12-11-17(23)24)22-19(26)16-9-7-14(8-10-16)13-21-18(25)15-5-3-4-6-15/h7-10,15H,3-6,11-13H2,1-2H3,(H,21,25)(H,22,26)(H,23,24). The molecule has 1 fully saturated rings. The van der Waals surface area contributed by atoms with Gasteiger partial charge in [-0.15, -0.1) is 0 Å². The number of carbonyl (C=O) groups excluding carboxylic acids is 2. The topological polar surface area (TPSA) is 95.5 Å². The van der Waals surface area contributed by atoms with Gasteiger partial charge in [-0.2, -0.15) is 0 Å². The Morgan fingerprint density at radius 1 is 1.12 bits per heavy atom. The van der Waals surface area contributed by atoms with Gasteiger partial charge >= 0.3 is 5.97 Å². The monoisotopic (exact) mass is 360 g/mol. The third kappa shape index (κ3) is 6.17. The molecule has 2 amide bonds. The summed E-state index contributed by atoms with van der Waals surface area (Å²) in [5.41, 5.74) is 0.862. The maximum Gasteiger partial charge on any atom is 0.303 e. The summed E-state index contributed by atoms with van der Waals surface area (Å²) in [5, 5.41) is 14.6. The number of hydrogen-bond donors (Lipinski definition) is 3. The Balaban J connectivity index is 1.84. The molecule has 1 aromatic rings.